The van der Waals surface area contributed by atoms with Crippen LogP contribution < -0.4 is 18.9 Å². The largest absolute Gasteiger partial charge is 0.493 e. The Bertz CT molecular complexity index is 1050. The number of rotatable bonds is 9. The molecule has 1 atom stereocenters. The first-order chi connectivity index (χ1) is 14.5. The zero-order valence-corrected chi connectivity index (χ0v) is 17.2. The number of methoxy groups -OCH3 is 4. The standard InChI is InChI=1S/C22H23NO7/c1-26-16-6-5-14(10-17(16)27-2)22(30-12-20(24)25)21-15-11-19(29-4)18(28-3)9-13(15)7-8-23-21/h5-11,22H,12H2,1-4H3,(H,24,25). The summed E-state index contributed by atoms with van der Waals surface area (Å²) in [5.74, 6) is 1.08. The van der Waals surface area contributed by atoms with Crippen molar-refractivity contribution < 1.29 is 33.6 Å². The molecule has 0 fully saturated rings. The van der Waals surface area contributed by atoms with Crippen LogP contribution in [0.15, 0.2) is 42.6 Å². The number of nitrogens with zero attached hydrogens (tertiary/aromatic N) is 1. The summed E-state index contributed by atoms with van der Waals surface area (Å²) in [6.07, 6.45) is 0.879. The van der Waals surface area contributed by atoms with Gasteiger partial charge in [0, 0.05) is 11.6 Å². The molecule has 0 saturated heterocycles. The first-order valence-electron chi connectivity index (χ1n) is 9.08. The molecule has 0 bridgehead atoms. The van der Waals surface area contributed by atoms with Crippen molar-refractivity contribution in [2.45, 2.75) is 6.10 Å². The van der Waals surface area contributed by atoms with E-state index in [0.29, 0.717) is 34.3 Å². The number of carboxylic acid groups (broad SMARTS) is 1. The van der Waals surface area contributed by atoms with E-state index in [1.165, 1.54) is 7.11 Å². The van der Waals surface area contributed by atoms with Crippen molar-refractivity contribution in [3.05, 3.63) is 53.9 Å². The number of carboxylic acids is 1. The molecule has 0 radical (unpaired) electrons. The van der Waals surface area contributed by atoms with Gasteiger partial charge < -0.3 is 28.8 Å². The number of hydrogen-bond donors (Lipinski definition) is 1. The molecule has 1 unspecified atom stereocenters. The van der Waals surface area contributed by atoms with E-state index in [4.69, 9.17) is 23.7 Å². The van der Waals surface area contributed by atoms with Crippen LogP contribution in [0.4, 0.5) is 0 Å². The molecule has 0 saturated carbocycles. The van der Waals surface area contributed by atoms with Gasteiger partial charge in [-0.3, -0.25) is 4.98 Å². The van der Waals surface area contributed by atoms with Crippen molar-refractivity contribution >= 4 is 16.7 Å². The highest BCUT2D eigenvalue weighted by Crippen LogP contribution is 2.38. The lowest BCUT2D eigenvalue weighted by molar-refractivity contribution is -0.143. The molecule has 158 valence electrons. The lowest BCUT2D eigenvalue weighted by atomic mass is 9.99. The Morgan fingerprint density at radius 3 is 2.17 bits per heavy atom. The van der Waals surface area contributed by atoms with Crippen LogP contribution in [0.2, 0.25) is 0 Å². The summed E-state index contributed by atoms with van der Waals surface area (Å²) in [5, 5.41) is 10.8. The highest BCUT2D eigenvalue weighted by molar-refractivity contribution is 5.88. The Morgan fingerprint density at radius 2 is 1.53 bits per heavy atom. The van der Waals surface area contributed by atoms with Crippen LogP contribution in [-0.4, -0.2) is 51.1 Å². The molecule has 8 heteroatoms. The molecular weight excluding hydrogens is 390 g/mol. The van der Waals surface area contributed by atoms with Crippen molar-refractivity contribution in [2.75, 3.05) is 35.0 Å². The molecule has 0 aliphatic heterocycles. The SMILES string of the molecule is COc1ccc(C(OCC(=O)O)c2nccc3cc(OC)c(OC)cc23)cc1OC. The quantitative estimate of drug-likeness (QED) is 0.570. The number of pyridine rings is 1. The highest BCUT2D eigenvalue weighted by Gasteiger charge is 2.23. The average molecular weight is 413 g/mol. The molecule has 1 aromatic heterocycles. The van der Waals surface area contributed by atoms with Crippen LogP contribution in [0.25, 0.3) is 10.8 Å². The summed E-state index contributed by atoms with van der Waals surface area (Å²) in [5.41, 5.74) is 1.21. The van der Waals surface area contributed by atoms with E-state index in [0.717, 1.165) is 10.8 Å². The summed E-state index contributed by atoms with van der Waals surface area (Å²) < 4.78 is 27.2. The zero-order valence-electron chi connectivity index (χ0n) is 17.2. The number of benzene rings is 2. The van der Waals surface area contributed by atoms with Gasteiger partial charge in [-0.15, -0.1) is 0 Å². The van der Waals surface area contributed by atoms with Crippen molar-refractivity contribution in [2.24, 2.45) is 0 Å². The van der Waals surface area contributed by atoms with E-state index >= 15 is 0 Å². The first kappa shape index (κ1) is 21.2. The Labute approximate surface area is 173 Å². The number of aromatic nitrogens is 1. The Kier molecular flexibility index (Phi) is 6.58. The molecule has 0 spiro atoms. The predicted octanol–water partition coefficient (Wildman–Crippen LogP) is 3.46. The Hall–Kier alpha value is -3.52. The second-order valence-corrected chi connectivity index (χ2v) is 6.32. The number of aliphatic carboxylic acids is 1. The maximum Gasteiger partial charge on any atom is 0.329 e. The number of carbonyl (C=O) groups is 1. The Morgan fingerprint density at radius 1 is 0.900 bits per heavy atom. The summed E-state index contributed by atoms with van der Waals surface area (Å²) in [7, 11) is 6.19. The third-order valence-electron chi connectivity index (χ3n) is 4.63. The summed E-state index contributed by atoms with van der Waals surface area (Å²) in [6.45, 7) is -0.496. The van der Waals surface area contributed by atoms with Gasteiger partial charge in [-0.2, -0.15) is 0 Å². The third kappa shape index (κ3) is 4.23. The summed E-state index contributed by atoms with van der Waals surface area (Å²) in [4.78, 5) is 15.7. The second-order valence-electron chi connectivity index (χ2n) is 6.32. The minimum absolute atomic E-state index is 0.496. The molecule has 0 amide bonds. The van der Waals surface area contributed by atoms with Gasteiger partial charge in [0.05, 0.1) is 34.1 Å². The highest BCUT2D eigenvalue weighted by atomic mass is 16.5. The lowest BCUT2D eigenvalue weighted by Crippen LogP contribution is -2.15. The fourth-order valence-electron chi connectivity index (χ4n) is 3.23. The van der Waals surface area contributed by atoms with E-state index in [2.05, 4.69) is 4.98 Å². The van der Waals surface area contributed by atoms with E-state index in [1.807, 2.05) is 12.1 Å². The minimum atomic E-state index is -1.08. The van der Waals surface area contributed by atoms with Gasteiger partial charge in [0.15, 0.2) is 23.0 Å². The van der Waals surface area contributed by atoms with E-state index < -0.39 is 18.7 Å². The van der Waals surface area contributed by atoms with Crippen LogP contribution in [0.5, 0.6) is 23.0 Å². The van der Waals surface area contributed by atoms with Crippen LogP contribution in [0.3, 0.4) is 0 Å². The topological polar surface area (TPSA) is 96.3 Å². The van der Waals surface area contributed by atoms with E-state index in [1.54, 1.807) is 51.8 Å². The van der Waals surface area contributed by atoms with E-state index in [-0.39, 0.29) is 0 Å². The van der Waals surface area contributed by atoms with Crippen molar-refractivity contribution in [3.8, 4) is 23.0 Å². The lowest BCUT2D eigenvalue weighted by Gasteiger charge is -2.20. The van der Waals surface area contributed by atoms with Gasteiger partial charge in [-0.1, -0.05) is 6.07 Å². The van der Waals surface area contributed by atoms with E-state index in [9.17, 15) is 9.90 Å². The van der Waals surface area contributed by atoms with Crippen LogP contribution in [-0.2, 0) is 9.53 Å². The van der Waals surface area contributed by atoms with Gasteiger partial charge in [0.25, 0.3) is 0 Å². The molecule has 3 aromatic rings. The predicted molar refractivity (Wildman–Crippen MR) is 110 cm³/mol. The number of hydrogen-bond acceptors (Lipinski definition) is 7. The van der Waals surface area contributed by atoms with Crippen LogP contribution in [0.1, 0.15) is 17.4 Å². The summed E-state index contributed by atoms with van der Waals surface area (Å²) >= 11 is 0. The van der Waals surface area contributed by atoms with Crippen molar-refractivity contribution in [1.29, 1.82) is 0 Å². The molecule has 8 nitrogen and oxygen atoms in total. The molecule has 2 aromatic carbocycles. The smallest absolute Gasteiger partial charge is 0.329 e. The molecule has 0 aliphatic rings. The fraction of sp³-hybridized carbons (Fsp3) is 0.273. The van der Waals surface area contributed by atoms with Gasteiger partial charge in [-0.25, -0.2) is 4.79 Å². The van der Waals surface area contributed by atoms with Gasteiger partial charge in [0.1, 0.15) is 12.7 Å². The van der Waals surface area contributed by atoms with Crippen molar-refractivity contribution in [3.63, 3.8) is 0 Å². The molecule has 1 N–H and O–H groups in total. The van der Waals surface area contributed by atoms with Gasteiger partial charge >= 0.3 is 5.97 Å². The van der Waals surface area contributed by atoms with Gasteiger partial charge in [-0.05, 0) is 41.3 Å². The molecule has 30 heavy (non-hydrogen) atoms. The monoisotopic (exact) mass is 413 g/mol. The molecule has 0 aliphatic carbocycles. The summed E-state index contributed by atoms with van der Waals surface area (Å²) in [6, 6.07) is 10.7. The second kappa shape index (κ2) is 9.32. The fourth-order valence-corrected chi connectivity index (χ4v) is 3.23. The number of ether oxygens (including phenoxy) is 5. The first-order valence-corrected chi connectivity index (χ1v) is 9.08. The number of fused-ring (bicyclic) bond motifs is 1. The maximum absolute atomic E-state index is 11.2. The average Bonchev–Trinajstić information content (AvgIpc) is 2.77. The van der Waals surface area contributed by atoms with Crippen molar-refractivity contribution in [1.82, 2.24) is 4.98 Å². The normalized spacial score (nSPS) is 11.7. The van der Waals surface area contributed by atoms with Crippen LogP contribution in [0, 0.1) is 0 Å². The van der Waals surface area contributed by atoms with Gasteiger partial charge in [0.2, 0.25) is 0 Å². The Balaban J connectivity index is 2.19. The third-order valence-corrected chi connectivity index (χ3v) is 4.63. The van der Waals surface area contributed by atoms with Crippen LogP contribution >= 0.6 is 0 Å². The maximum atomic E-state index is 11.2. The minimum Gasteiger partial charge on any atom is -0.493 e. The molecule has 1 heterocycles. The molecule has 3 rings (SSSR count). The zero-order chi connectivity index (χ0) is 21.7. The molecular formula is C22H23NO7.